The Bertz CT molecular complexity index is 320. The fraction of sp³-hybridized carbons (Fsp3) is 1.00. The van der Waals surface area contributed by atoms with Crippen LogP contribution in [0.25, 0.3) is 0 Å². The Morgan fingerprint density at radius 1 is 1.11 bits per heavy atom. The van der Waals surface area contributed by atoms with E-state index in [9.17, 15) is 0 Å². The Morgan fingerprint density at radius 2 is 1.68 bits per heavy atom. The molecule has 3 atom stereocenters. The standard InChI is InChI=1S/C17H32N2/c1-4-14(5-2)15(19-18)17-9-12-6-13(10-17)8-16(3,7-12)11-17/h12-15,19H,4-11,18H2,1-3H3. The van der Waals surface area contributed by atoms with Crippen molar-refractivity contribution in [1.82, 2.24) is 5.43 Å². The normalized spacial score (nSPS) is 45.9. The molecule has 0 spiro atoms. The Balaban J connectivity index is 1.89. The van der Waals surface area contributed by atoms with E-state index in [1.807, 2.05) is 0 Å². The molecule has 2 nitrogen and oxygen atoms in total. The van der Waals surface area contributed by atoms with Gasteiger partial charge >= 0.3 is 0 Å². The van der Waals surface area contributed by atoms with E-state index in [1.54, 1.807) is 0 Å². The first-order valence-electron chi connectivity index (χ1n) is 8.50. The van der Waals surface area contributed by atoms with Gasteiger partial charge < -0.3 is 0 Å². The summed E-state index contributed by atoms with van der Waals surface area (Å²) in [5.41, 5.74) is 4.43. The van der Waals surface area contributed by atoms with Crippen LogP contribution in [0.3, 0.4) is 0 Å². The predicted molar refractivity (Wildman–Crippen MR) is 80.4 cm³/mol. The Kier molecular flexibility index (Phi) is 3.46. The van der Waals surface area contributed by atoms with Crippen molar-refractivity contribution in [3.63, 3.8) is 0 Å². The molecule has 110 valence electrons. The van der Waals surface area contributed by atoms with Crippen LogP contribution in [0.15, 0.2) is 0 Å². The molecule has 0 heterocycles. The molecular formula is C17H32N2. The maximum absolute atomic E-state index is 6.04. The van der Waals surface area contributed by atoms with Gasteiger partial charge in [-0.15, -0.1) is 0 Å². The van der Waals surface area contributed by atoms with E-state index in [1.165, 1.54) is 51.4 Å². The molecule has 0 aliphatic heterocycles. The molecule has 0 radical (unpaired) electrons. The number of hydrazine groups is 1. The van der Waals surface area contributed by atoms with Crippen molar-refractivity contribution in [2.24, 2.45) is 34.4 Å². The molecule has 19 heavy (non-hydrogen) atoms. The zero-order chi connectivity index (χ0) is 13.7. The van der Waals surface area contributed by atoms with Crippen LogP contribution < -0.4 is 11.3 Å². The molecule has 4 aliphatic carbocycles. The zero-order valence-electron chi connectivity index (χ0n) is 13.0. The SMILES string of the molecule is CCC(CC)C(NN)C12CC3CC(CC(C)(C3)C1)C2. The van der Waals surface area contributed by atoms with E-state index in [-0.39, 0.29) is 0 Å². The number of hydrogen-bond acceptors (Lipinski definition) is 2. The van der Waals surface area contributed by atoms with Gasteiger partial charge in [-0.3, -0.25) is 11.3 Å². The minimum atomic E-state index is 0.518. The molecule has 4 aliphatic rings. The summed E-state index contributed by atoms with van der Waals surface area (Å²) in [6, 6.07) is 0.549. The molecule has 3 unspecified atom stereocenters. The second-order valence-electron chi connectivity index (χ2n) is 8.35. The second kappa shape index (κ2) is 4.73. The molecule has 2 heteroatoms. The van der Waals surface area contributed by atoms with Gasteiger partial charge in [0.05, 0.1) is 0 Å². The first kappa shape index (κ1) is 13.9. The average molecular weight is 264 g/mol. The molecule has 0 saturated heterocycles. The van der Waals surface area contributed by atoms with Gasteiger partial charge in [-0.1, -0.05) is 33.6 Å². The van der Waals surface area contributed by atoms with Crippen LogP contribution in [0, 0.1) is 28.6 Å². The highest BCUT2D eigenvalue weighted by Gasteiger charge is 2.58. The topological polar surface area (TPSA) is 38.0 Å². The van der Waals surface area contributed by atoms with Crippen molar-refractivity contribution >= 4 is 0 Å². The van der Waals surface area contributed by atoms with Crippen molar-refractivity contribution in [2.45, 2.75) is 78.2 Å². The van der Waals surface area contributed by atoms with E-state index in [0.717, 1.165) is 17.8 Å². The quantitative estimate of drug-likeness (QED) is 0.584. The number of nitrogens with two attached hydrogens (primary N) is 1. The lowest BCUT2D eigenvalue weighted by molar-refractivity contribution is -0.127. The van der Waals surface area contributed by atoms with Crippen LogP contribution in [-0.4, -0.2) is 6.04 Å². The molecule has 0 amide bonds. The lowest BCUT2D eigenvalue weighted by atomic mass is 9.42. The molecule has 4 rings (SSSR count). The molecular weight excluding hydrogens is 232 g/mol. The summed E-state index contributed by atoms with van der Waals surface area (Å²) in [6.45, 7) is 7.22. The Labute approximate surface area is 118 Å². The molecule has 4 saturated carbocycles. The van der Waals surface area contributed by atoms with Crippen molar-refractivity contribution in [1.29, 1.82) is 0 Å². The van der Waals surface area contributed by atoms with E-state index in [2.05, 4.69) is 26.2 Å². The monoisotopic (exact) mass is 264 g/mol. The summed E-state index contributed by atoms with van der Waals surface area (Å²) in [6.07, 6.45) is 11.3. The van der Waals surface area contributed by atoms with E-state index >= 15 is 0 Å². The van der Waals surface area contributed by atoms with Gasteiger partial charge in [-0.25, -0.2) is 0 Å². The van der Waals surface area contributed by atoms with Crippen LogP contribution in [0.5, 0.6) is 0 Å². The maximum atomic E-state index is 6.04. The fourth-order valence-electron chi connectivity index (χ4n) is 6.73. The van der Waals surface area contributed by atoms with Gasteiger partial charge in [0.1, 0.15) is 0 Å². The lowest BCUT2D eigenvalue weighted by Gasteiger charge is -2.64. The number of hydrogen-bond donors (Lipinski definition) is 2. The summed E-state index contributed by atoms with van der Waals surface area (Å²) in [7, 11) is 0. The molecule has 0 aromatic rings. The van der Waals surface area contributed by atoms with Crippen molar-refractivity contribution < 1.29 is 0 Å². The number of nitrogens with one attached hydrogen (secondary N) is 1. The van der Waals surface area contributed by atoms with Crippen LogP contribution in [0.1, 0.15) is 72.1 Å². The minimum Gasteiger partial charge on any atom is -0.271 e. The summed E-state index contributed by atoms with van der Waals surface area (Å²) in [5, 5.41) is 0. The van der Waals surface area contributed by atoms with Crippen molar-refractivity contribution in [3.05, 3.63) is 0 Å². The third-order valence-corrected chi connectivity index (χ3v) is 6.76. The molecule has 4 fully saturated rings. The smallest absolute Gasteiger partial charge is 0.0295 e. The summed E-state index contributed by atoms with van der Waals surface area (Å²) in [5.74, 6) is 8.79. The second-order valence-corrected chi connectivity index (χ2v) is 8.35. The number of rotatable bonds is 5. The molecule has 0 aromatic carbocycles. The Hall–Kier alpha value is -0.0800. The van der Waals surface area contributed by atoms with Crippen LogP contribution in [0.4, 0.5) is 0 Å². The highest BCUT2D eigenvalue weighted by atomic mass is 15.2. The third kappa shape index (κ3) is 2.15. The largest absolute Gasteiger partial charge is 0.271 e. The van der Waals surface area contributed by atoms with Gasteiger partial charge in [0, 0.05) is 6.04 Å². The van der Waals surface area contributed by atoms with Crippen molar-refractivity contribution in [2.75, 3.05) is 0 Å². The van der Waals surface area contributed by atoms with E-state index < -0.39 is 0 Å². The first-order chi connectivity index (χ1) is 9.04. The third-order valence-electron chi connectivity index (χ3n) is 6.76. The van der Waals surface area contributed by atoms with Crippen molar-refractivity contribution in [3.8, 4) is 0 Å². The van der Waals surface area contributed by atoms with Crippen LogP contribution in [0.2, 0.25) is 0 Å². The summed E-state index contributed by atoms with van der Waals surface area (Å²) >= 11 is 0. The Morgan fingerprint density at radius 3 is 2.11 bits per heavy atom. The molecule has 0 aromatic heterocycles. The molecule has 4 bridgehead atoms. The summed E-state index contributed by atoms with van der Waals surface area (Å²) < 4.78 is 0. The zero-order valence-corrected chi connectivity index (χ0v) is 13.0. The maximum Gasteiger partial charge on any atom is 0.0295 e. The van der Waals surface area contributed by atoms with Crippen LogP contribution >= 0.6 is 0 Å². The van der Waals surface area contributed by atoms with Gasteiger partial charge in [-0.2, -0.15) is 0 Å². The fourth-order valence-corrected chi connectivity index (χ4v) is 6.73. The summed E-state index contributed by atoms with van der Waals surface area (Å²) in [4.78, 5) is 0. The van der Waals surface area contributed by atoms with Gasteiger partial charge in [0.15, 0.2) is 0 Å². The average Bonchev–Trinajstić information content (AvgIpc) is 2.32. The first-order valence-corrected chi connectivity index (χ1v) is 8.50. The predicted octanol–water partition coefficient (Wildman–Crippen LogP) is 3.86. The van der Waals surface area contributed by atoms with Gasteiger partial charge in [0.2, 0.25) is 0 Å². The van der Waals surface area contributed by atoms with Gasteiger partial charge in [0.25, 0.3) is 0 Å². The minimum absolute atomic E-state index is 0.518. The molecule has 3 N–H and O–H groups in total. The highest BCUT2D eigenvalue weighted by molar-refractivity contribution is 5.10. The van der Waals surface area contributed by atoms with Crippen LogP contribution in [-0.2, 0) is 0 Å². The van der Waals surface area contributed by atoms with Gasteiger partial charge in [-0.05, 0) is 67.1 Å². The highest BCUT2D eigenvalue weighted by Crippen LogP contribution is 2.66. The van der Waals surface area contributed by atoms with E-state index in [0.29, 0.717) is 16.9 Å². The van der Waals surface area contributed by atoms with E-state index in [4.69, 9.17) is 5.84 Å². The lowest BCUT2D eigenvalue weighted by Crippen LogP contribution is -2.61.